The Morgan fingerprint density at radius 1 is 0.926 bits per heavy atom. The summed E-state index contributed by atoms with van der Waals surface area (Å²) >= 11 is 0. The fraction of sp³-hybridized carbons (Fsp3) is 0.632. The number of carboxylic acid groups (broad SMARTS) is 1. The first-order valence-electron chi connectivity index (χ1n) is 9.36. The lowest BCUT2D eigenvalue weighted by atomic mass is 9.82. The van der Waals surface area contributed by atoms with Gasteiger partial charge in [-0.3, -0.25) is 14.4 Å². The van der Waals surface area contributed by atoms with Crippen LogP contribution in [0.2, 0.25) is 0 Å². The molecule has 0 heterocycles. The molecule has 0 aromatic rings. The van der Waals surface area contributed by atoms with Crippen molar-refractivity contribution in [2.24, 2.45) is 17.8 Å². The number of aliphatic hydroxyl groups is 2. The fourth-order valence-corrected chi connectivity index (χ4v) is 3.37. The number of allylic oxidation sites excluding steroid dienone is 3. The van der Waals surface area contributed by atoms with Crippen LogP contribution in [0.15, 0.2) is 24.3 Å². The minimum absolute atomic E-state index is 0.123. The van der Waals surface area contributed by atoms with Crippen molar-refractivity contribution < 1.29 is 29.7 Å². The van der Waals surface area contributed by atoms with E-state index in [2.05, 4.69) is 10.6 Å². The summed E-state index contributed by atoms with van der Waals surface area (Å²) in [7, 11) is 0. The predicted molar refractivity (Wildman–Crippen MR) is 97.5 cm³/mol. The van der Waals surface area contributed by atoms with Gasteiger partial charge < -0.3 is 26.0 Å². The van der Waals surface area contributed by atoms with E-state index in [4.69, 9.17) is 5.11 Å². The molecule has 0 aliphatic heterocycles. The van der Waals surface area contributed by atoms with E-state index < -0.39 is 30.0 Å². The second-order valence-corrected chi connectivity index (χ2v) is 7.24. The van der Waals surface area contributed by atoms with Gasteiger partial charge in [-0.15, -0.1) is 0 Å². The summed E-state index contributed by atoms with van der Waals surface area (Å²) < 4.78 is 0. The van der Waals surface area contributed by atoms with Crippen LogP contribution >= 0.6 is 0 Å². The summed E-state index contributed by atoms with van der Waals surface area (Å²) in [5, 5.41) is 33.9. The van der Waals surface area contributed by atoms with Crippen molar-refractivity contribution in [3.05, 3.63) is 24.3 Å². The van der Waals surface area contributed by atoms with Gasteiger partial charge in [-0.25, -0.2) is 0 Å². The second-order valence-electron chi connectivity index (χ2n) is 7.24. The van der Waals surface area contributed by atoms with E-state index in [0.29, 0.717) is 32.2 Å². The number of carbonyl (C=O) groups excluding carboxylic acids is 2. The van der Waals surface area contributed by atoms with Gasteiger partial charge in [0.15, 0.2) is 12.2 Å². The number of rotatable bonds is 8. The molecule has 27 heavy (non-hydrogen) atoms. The molecule has 0 radical (unpaired) electrons. The lowest BCUT2D eigenvalue weighted by Gasteiger charge is -2.26. The Hall–Kier alpha value is -2.19. The smallest absolute Gasteiger partial charge is 0.306 e. The number of nitrogens with one attached hydrogen (secondary N) is 2. The first-order valence-corrected chi connectivity index (χ1v) is 9.36. The Morgan fingerprint density at radius 2 is 1.52 bits per heavy atom. The van der Waals surface area contributed by atoms with Crippen molar-refractivity contribution in [1.82, 2.24) is 10.6 Å². The van der Waals surface area contributed by atoms with E-state index in [1.165, 1.54) is 0 Å². The van der Waals surface area contributed by atoms with Crippen LogP contribution in [0.4, 0.5) is 0 Å². The van der Waals surface area contributed by atoms with Crippen molar-refractivity contribution >= 4 is 17.8 Å². The standard InChI is InChI=1S/C19H28N2O6/c22-15(17(24)20-10-12-4-2-1-3-5-12)16(23)18(25)21-11-13-6-8-14(9-7-13)19(26)27/h1-4,12-16,22-23H,5-11H2,(H,20,24)(H,21,25)(H,26,27)/t12?,13?,14?,15-,16-/m1/s1. The van der Waals surface area contributed by atoms with E-state index >= 15 is 0 Å². The van der Waals surface area contributed by atoms with E-state index in [1.807, 2.05) is 24.3 Å². The van der Waals surface area contributed by atoms with Crippen molar-refractivity contribution in [3.63, 3.8) is 0 Å². The highest BCUT2D eigenvalue weighted by Crippen LogP contribution is 2.28. The van der Waals surface area contributed by atoms with Gasteiger partial charge in [-0.2, -0.15) is 0 Å². The molecule has 0 spiro atoms. The number of hydrogen-bond acceptors (Lipinski definition) is 5. The Labute approximate surface area is 158 Å². The number of carboxylic acids is 1. The second kappa shape index (κ2) is 10.2. The molecule has 0 bridgehead atoms. The Kier molecular flexibility index (Phi) is 7.99. The molecule has 3 atom stereocenters. The third-order valence-electron chi connectivity index (χ3n) is 5.21. The molecule has 2 aliphatic carbocycles. The summed E-state index contributed by atoms with van der Waals surface area (Å²) in [6.45, 7) is 0.605. The van der Waals surface area contributed by atoms with Crippen LogP contribution < -0.4 is 10.6 Å². The van der Waals surface area contributed by atoms with Gasteiger partial charge in [0, 0.05) is 13.1 Å². The van der Waals surface area contributed by atoms with Crippen LogP contribution in [0.25, 0.3) is 0 Å². The summed E-state index contributed by atoms with van der Waals surface area (Å²) in [5.41, 5.74) is 0. The first-order chi connectivity index (χ1) is 12.9. The van der Waals surface area contributed by atoms with Gasteiger partial charge in [0.2, 0.25) is 0 Å². The maximum Gasteiger partial charge on any atom is 0.306 e. The van der Waals surface area contributed by atoms with Crippen molar-refractivity contribution in [2.75, 3.05) is 13.1 Å². The Morgan fingerprint density at radius 3 is 2.04 bits per heavy atom. The van der Waals surface area contributed by atoms with E-state index in [-0.39, 0.29) is 24.3 Å². The number of hydrogen-bond donors (Lipinski definition) is 5. The highest BCUT2D eigenvalue weighted by atomic mass is 16.4. The maximum absolute atomic E-state index is 12.0. The lowest BCUT2D eigenvalue weighted by Crippen LogP contribution is -2.50. The zero-order valence-electron chi connectivity index (χ0n) is 15.2. The number of carbonyl (C=O) groups is 3. The number of amides is 2. The van der Waals surface area contributed by atoms with E-state index in [0.717, 1.165) is 6.42 Å². The first kappa shape index (κ1) is 21.1. The molecule has 1 unspecified atom stereocenters. The molecule has 1 fully saturated rings. The average molecular weight is 380 g/mol. The van der Waals surface area contributed by atoms with Crippen LogP contribution in [0.5, 0.6) is 0 Å². The molecule has 8 heteroatoms. The van der Waals surface area contributed by atoms with Crippen LogP contribution in [0, 0.1) is 17.8 Å². The number of aliphatic hydroxyl groups excluding tert-OH is 2. The average Bonchev–Trinajstić information content (AvgIpc) is 2.70. The molecule has 2 rings (SSSR count). The van der Waals surface area contributed by atoms with Crippen LogP contribution in [0.3, 0.4) is 0 Å². The lowest BCUT2D eigenvalue weighted by molar-refractivity contribution is -0.146. The van der Waals surface area contributed by atoms with Crippen molar-refractivity contribution in [1.29, 1.82) is 0 Å². The molecular formula is C19H28N2O6. The minimum Gasteiger partial charge on any atom is -0.481 e. The largest absolute Gasteiger partial charge is 0.481 e. The van der Waals surface area contributed by atoms with Crippen molar-refractivity contribution in [3.8, 4) is 0 Å². The van der Waals surface area contributed by atoms with Crippen LogP contribution in [-0.2, 0) is 14.4 Å². The van der Waals surface area contributed by atoms with Gasteiger partial charge in [0.25, 0.3) is 11.8 Å². The topological polar surface area (TPSA) is 136 Å². The normalized spacial score (nSPS) is 26.8. The molecule has 0 aromatic heterocycles. The van der Waals surface area contributed by atoms with Gasteiger partial charge in [-0.1, -0.05) is 24.3 Å². The van der Waals surface area contributed by atoms with Gasteiger partial charge in [0.1, 0.15) is 0 Å². The van der Waals surface area contributed by atoms with E-state index in [1.54, 1.807) is 0 Å². The van der Waals surface area contributed by atoms with Gasteiger partial charge in [0.05, 0.1) is 5.92 Å². The summed E-state index contributed by atoms with van der Waals surface area (Å²) in [4.78, 5) is 34.9. The third-order valence-corrected chi connectivity index (χ3v) is 5.21. The maximum atomic E-state index is 12.0. The molecule has 2 aliphatic rings. The zero-order valence-corrected chi connectivity index (χ0v) is 15.2. The zero-order chi connectivity index (χ0) is 19.8. The highest BCUT2D eigenvalue weighted by molar-refractivity contribution is 5.90. The van der Waals surface area contributed by atoms with Crippen LogP contribution in [0.1, 0.15) is 32.1 Å². The minimum atomic E-state index is -1.85. The molecule has 0 saturated heterocycles. The summed E-state index contributed by atoms with van der Waals surface area (Å²) in [5.74, 6) is -2.46. The Balaban J connectivity index is 1.68. The molecule has 5 N–H and O–H groups in total. The fourth-order valence-electron chi connectivity index (χ4n) is 3.37. The van der Waals surface area contributed by atoms with Crippen LogP contribution in [-0.4, -0.2) is 58.4 Å². The summed E-state index contributed by atoms with van der Waals surface area (Å²) in [6.07, 6.45) is 7.28. The quantitative estimate of drug-likeness (QED) is 0.401. The van der Waals surface area contributed by atoms with Crippen molar-refractivity contribution in [2.45, 2.75) is 44.3 Å². The summed E-state index contributed by atoms with van der Waals surface area (Å²) in [6, 6.07) is 0. The number of aliphatic carboxylic acids is 1. The molecule has 150 valence electrons. The SMILES string of the molecule is O=C(O)C1CCC(CNC(=O)[C@H](O)[C@@H](O)C(=O)NCC2C=CC=CC2)CC1. The molecular weight excluding hydrogens is 352 g/mol. The van der Waals surface area contributed by atoms with Gasteiger partial charge in [-0.05, 0) is 43.9 Å². The third kappa shape index (κ3) is 6.48. The molecule has 1 saturated carbocycles. The van der Waals surface area contributed by atoms with Gasteiger partial charge >= 0.3 is 5.97 Å². The molecule has 0 aromatic carbocycles. The Bertz CT molecular complexity index is 595. The molecule has 8 nitrogen and oxygen atoms in total. The predicted octanol–water partition coefficient (Wildman–Crippen LogP) is -0.0361. The highest BCUT2D eigenvalue weighted by Gasteiger charge is 2.31. The monoisotopic (exact) mass is 380 g/mol. The van der Waals surface area contributed by atoms with E-state index in [9.17, 15) is 24.6 Å². The molecule has 2 amide bonds.